The summed E-state index contributed by atoms with van der Waals surface area (Å²) in [6.07, 6.45) is 2.41. The Morgan fingerprint density at radius 1 is 1.18 bits per heavy atom. The zero-order chi connectivity index (χ0) is 12.3. The third-order valence-electron chi connectivity index (χ3n) is 2.50. The highest BCUT2D eigenvalue weighted by molar-refractivity contribution is 14.1. The van der Waals surface area contributed by atoms with Gasteiger partial charge in [0.2, 0.25) is 0 Å². The molecule has 17 heavy (non-hydrogen) atoms. The minimum Gasteiger partial charge on any atom is -0.322 e. The average Bonchev–Trinajstić information content (AvgIpc) is 2.33. The van der Waals surface area contributed by atoms with Crippen LogP contribution in [0, 0.1) is 3.57 Å². The van der Waals surface area contributed by atoms with E-state index in [1.54, 1.807) is 6.20 Å². The first kappa shape index (κ1) is 12.8. The van der Waals surface area contributed by atoms with Crippen LogP contribution >= 0.6 is 34.2 Å². The normalized spacial score (nSPS) is 12.4. The predicted molar refractivity (Wildman–Crippen MR) is 79.0 cm³/mol. The third kappa shape index (κ3) is 3.66. The molecule has 1 heterocycles. The standard InChI is InChI=1S/C13H12ClIN2/c14-10-3-6-13(17-8-10)12(16)7-9-1-4-11(15)5-2-9/h1-6,8,12H,7,16H2. The number of hydrogen-bond acceptors (Lipinski definition) is 2. The minimum absolute atomic E-state index is 0.0904. The van der Waals surface area contributed by atoms with E-state index in [1.807, 2.05) is 12.1 Å². The topological polar surface area (TPSA) is 38.9 Å². The average molecular weight is 359 g/mol. The number of hydrogen-bond donors (Lipinski definition) is 1. The molecule has 1 aromatic heterocycles. The summed E-state index contributed by atoms with van der Waals surface area (Å²) in [5, 5.41) is 0.634. The summed E-state index contributed by atoms with van der Waals surface area (Å²) < 4.78 is 1.23. The van der Waals surface area contributed by atoms with Crippen LogP contribution in [0.5, 0.6) is 0 Å². The molecule has 0 spiro atoms. The molecule has 2 aromatic rings. The first-order valence-corrected chi connectivity index (χ1v) is 6.72. The summed E-state index contributed by atoms with van der Waals surface area (Å²) in [5.74, 6) is 0. The predicted octanol–water partition coefficient (Wildman–Crippen LogP) is 3.58. The van der Waals surface area contributed by atoms with Crippen molar-refractivity contribution in [2.45, 2.75) is 12.5 Å². The monoisotopic (exact) mass is 358 g/mol. The maximum absolute atomic E-state index is 6.11. The van der Waals surface area contributed by atoms with Gasteiger partial charge < -0.3 is 5.73 Å². The molecule has 88 valence electrons. The van der Waals surface area contributed by atoms with E-state index < -0.39 is 0 Å². The highest BCUT2D eigenvalue weighted by Crippen LogP contribution is 2.16. The second-order valence-corrected chi connectivity index (χ2v) is 5.52. The lowest BCUT2D eigenvalue weighted by atomic mass is 10.0. The van der Waals surface area contributed by atoms with Gasteiger partial charge in [0, 0.05) is 9.77 Å². The number of halogens is 2. The van der Waals surface area contributed by atoms with Gasteiger partial charge in [-0.1, -0.05) is 23.7 Å². The molecule has 4 heteroatoms. The molecule has 0 aliphatic heterocycles. The molecule has 2 nitrogen and oxygen atoms in total. The van der Waals surface area contributed by atoms with E-state index in [-0.39, 0.29) is 6.04 Å². The summed E-state index contributed by atoms with van der Waals surface area (Å²) in [5.41, 5.74) is 8.19. The summed E-state index contributed by atoms with van der Waals surface area (Å²) >= 11 is 8.08. The Morgan fingerprint density at radius 2 is 1.88 bits per heavy atom. The highest BCUT2D eigenvalue weighted by Gasteiger charge is 2.08. The highest BCUT2D eigenvalue weighted by atomic mass is 127. The molecule has 0 fully saturated rings. The van der Waals surface area contributed by atoms with Crippen molar-refractivity contribution >= 4 is 34.2 Å². The lowest BCUT2D eigenvalue weighted by Crippen LogP contribution is -2.14. The lowest BCUT2D eigenvalue weighted by molar-refractivity contribution is 0.696. The SMILES string of the molecule is NC(Cc1ccc(I)cc1)c1ccc(Cl)cn1. The molecule has 1 unspecified atom stereocenters. The zero-order valence-electron chi connectivity index (χ0n) is 9.11. The van der Waals surface area contributed by atoms with Gasteiger partial charge >= 0.3 is 0 Å². The Balaban J connectivity index is 2.08. The molecular weight excluding hydrogens is 347 g/mol. The maximum atomic E-state index is 6.11. The van der Waals surface area contributed by atoms with Crippen LogP contribution < -0.4 is 5.73 Å². The van der Waals surface area contributed by atoms with E-state index in [0.29, 0.717) is 5.02 Å². The van der Waals surface area contributed by atoms with Crippen molar-refractivity contribution in [3.05, 3.63) is 62.4 Å². The quantitative estimate of drug-likeness (QED) is 0.852. The van der Waals surface area contributed by atoms with Crippen molar-refractivity contribution in [3.63, 3.8) is 0 Å². The summed E-state index contributed by atoms with van der Waals surface area (Å²) in [7, 11) is 0. The molecule has 0 bridgehead atoms. The second-order valence-electron chi connectivity index (χ2n) is 3.84. The summed E-state index contributed by atoms with van der Waals surface area (Å²) in [6.45, 7) is 0. The van der Waals surface area contributed by atoms with Crippen molar-refractivity contribution in [3.8, 4) is 0 Å². The van der Waals surface area contributed by atoms with Crippen molar-refractivity contribution in [2.24, 2.45) is 5.73 Å². The molecule has 0 aliphatic rings. The van der Waals surface area contributed by atoms with E-state index >= 15 is 0 Å². The van der Waals surface area contributed by atoms with Crippen LogP contribution in [0.3, 0.4) is 0 Å². The molecule has 0 radical (unpaired) electrons. The van der Waals surface area contributed by atoms with Gasteiger partial charge in [-0.05, 0) is 58.8 Å². The lowest BCUT2D eigenvalue weighted by Gasteiger charge is -2.11. The number of aromatic nitrogens is 1. The molecule has 2 N–H and O–H groups in total. The first-order chi connectivity index (χ1) is 8.15. The molecule has 0 aliphatic carbocycles. The fraction of sp³-hybridized carbons (Fsp3) is 0.154. The van der Waals surface area contributed by atoms with Crippen molar-refractivity contribution in [1.82, 2.24) is 4.98 Å². The molecular formula is C13H12ClIN2. The van der Waals surface area contributed by atoms with Crippen molar-refractivity contribution in [1.29, 1.82) is 0 Å². The van der Waals surface area contributed by atoms with Gasteiger partial charge in [0.05, 0.1) is 16.8 Å². The van der Waals surface area contributed by atoms with E-state index in [4.69, 9.17) is 17.3 Å². The van der Waals surface area contributed by atoms with Crippen LogP contribution in [-0.4, -0.2) is 4.98 Å². The van der Waals surface area contributed by atoms with Gasteiger partial charge in [-0.3, -0.25) is 4.98 Å². The van der Waals surface area contributed by atoms with Gasteiger partial charge in [0.1, 0.15) is 0 Å². The number of nitrogens with two attached hydrogens (primary N) is 1. The van der Waals surface area contributed by atoms with Gasteiger partial charge in [-0.15, -0.1) is 0 Å². The maximum Gasteiger partial charge on any atom is 0.0589 e. The molecule has 1 aromatic carbocycles. The third-order valence-corrected chi connectivity index (χ3v) is 3.44. The molecule has 1 atom stereocenters. The van der Waals surface area contributed by atoms with Crippen LogP contribution in [0.25, 0.3) is 0 Å². The number of pyridine rings is 1. The van der Waals surface area contributed by atoms with E-state index in [9.17, 15) is 0 Å². The van der Waals surface area contributed by atoms with E-state index in [2.05, 4.69) is 51.8 Å². The Hall–Kier alpha value is -0.650. The van der Waals surface area contributed by atoms with Gasteiger partial charge in [0.15, 0.2) is 0 Å². The summed E-state index contributed by atoms with van der Waals surface area (Å²) in [6, 6.07) is 12.0. The van der Waals surface area contributed by atoms with Crippen LogP contribution in [0.15, 0.2) is 42.6 Å². The summed E-state index contributed by atoms with van der Waals surface area (Å²) in [4.78, 5) is 4.23. The number of nitrogens with zero attached hydrogens (tertiary/aromatic N) is 1. The second kappa shape index (κ2) is 5.80. The Kier molecular flexibility index (Phi) is 4.36. The molecule has 2 rings (SSSR count). The Bertz CT molecular complexity index is 482. The van der Waals surface area contributed by atoms with Crippen LogP contribution in [0.2, 0.25) is 5.02 Å². The van der Waals surface area contributed by atoms with Crippen molar-refractivity contribution < 1.29 is 0 Å². The van der Waals surface area contributed by atoms with E-state index in [0.717, 1.165) is 12.1 Å². The molecule has 0 saturated carbocycles. The zero-order valence-corrected chi connectivity index (χ0v) is 12.0. The van der Waals surface area contributed by atoms with Crippen LogP contribution in [-0.2, 0) is 6.42 Å². The fourth-order valence-corrected chi connectivity index (χ4v) is 2.06. The smallest absolute Gasteiger partial charge is 0.0589 e. The van der Waals surface area contributed by atoms with Crippen molar-refractivity contribution in [2.75, 3.05) is 0 Å². The number of rotatable bonds is 3. The fourth-order valence-electron chi connectivity index (χ4n) is 1.59. The first-order valence-electron chi connectivity index (χ1n) is 5.26. The molecule has 0 amide bonds. The van der Waals surface area contributed by atoms with E-state index in [1.165, 1.54) is 9.13 Å². The van der Waals surface area contributed by atoms with Gasteiger partial charge in [0.25, 0.3) is 0 Å². The Morgan fingerprint density at radius 3 is 2.47 bits per heavy atom. The van der Waals surface area contributed by atoms with Crippen LogP contribution in [0.4, 0.5) is 0 Å². The largest absolute Gasteiger partial charge is 0.322 e. The minimum atomic E-state index is -0.0904. The van der Waals surface area contributed by atoms with Gasteiger partial charge in [-0.25, -0.2) is 0 Å². The number of benzene rings is 1. The Labute approximate surface area is 119 Å². The van der Waals surface area contributed by atoms with Gasteiger partial charge in [-0.2, -0.15) is 0 Å². The van der Waals surface area contributed by atoms with Crippen LogP contribution in [0.1, 0.15) is 17.3 Å². The molecule has 0 saturated heterocycles.